The van der Waals surface area contributed by atoms with E-state index in [-0.39, 0.29) is 95.6 Å². The van der Waals surface area contributed by atoms with Crippen molar-refractivity contribution in [2.24, 2.45) is 70.8 Å². The van der Waals surface area contributed by atoms with Crippen LogP contribution < -0.4 is 74.2 Å². The number of Topliss-reactive ketones (excluding diaryl/α,β-unsaturated/α-hetero) is 2. The van der Waals surface area contributed by atoms with Crippen molar-refractivity contribution >= 4 is 122 Å². The third-order valence-electron chi connectivity index (χ3n) is 14.3. The lowest BCUT2D eigenvalue weighted by atomic mass is 10.2. The van der Waals surface area contributed by atoms with Gasteiger partial charge in [0.05, 0.1) is 101 Å². The SMILES string of the molecule is C.CC(=O)CC#N.CNN.COC(=O)C(C#N)=CCO.COC(=O)CC#N.COC(=O)c1cnn(C)c1N.COC(=O)c1cnn(C)c1N=Nc1c(C)nn(-c2cc(-n3nc(C)c(N=Nc4c(C(=O)CO)cnn4C)c3N)ncn2)c1N.COC(OC)OC.Cc1cc(N)n(-c2cc(-n3nc(C)cc3N)ncn2)n1.Clc1cc(Cl)ncn1.NN.NNc1cc(NN)ncn1. The molecule has 11 aromatic heterocycles. The molecule has 0 aliphatic carbocycles. The van der Waals surface area contributed by atoms with Crippen molar-refractivity contribution < 1.29 is 72.1 Å². The number of nitrogens with one attached hydrogen (secondary N) is 3. The molecule has 0 unspecified atom stereocenters. The average Bonchev–Trinajstić information content (AvgIpc) is 1.64. The van der Waals surface area contributed by atoms with Gasteiger partial charge in [0.1, 0.15) is 106 Å². The van der Waals surface area contributed by atoms with Crippen LogP contribution in [0, 0.1) is 61.7 Å². The number of halogens is 2. The van der Waals surface area contributed by atoms with E-state index in [2.05, 4.69) is 158 Å². The molecule has 25 N–H and O–H groups in total. The Morgan fingerprint density at radius 3 is 1.21 bits per heavy atom. The molecule has 0 radical (unpaired) electrons. The number of azo groups is 2. The van der Waals surface area contributed by atoms with Crippen LogP contribution in [0.1, 0.15) is 81.0 Å². The number of methoxy groups -OCH3 is 7. The number of ketones is 2. The van der Waals surface area contributed by atoms with Crippen LogP contribution >= 0.6 is 23.2 Å². The minimum Gasteiger partial charge on any atom is -0.468 e. The van der Waals surface area contributed by atoms with Crippen LogP contribution in [-0.2, 0) is 68.7 Å². The summed E-state index contributed by atoms with van der Waals surface area (Å²) < 4.78 is 41.3. The van der Waals surface area contributed by atoms with Crippen molar-refractivity contribution in [1.82, 2.24) is 114 Å². The summed E-state index contributed by atoms with van der Waals surface area (Å²) in [6.45, 7) is 6.93. The lowest BCUT2D eigenvalue weighted by Crippen LogP contribution is -2.14. The topological polar surface area (TPSA) is 852 Å². The molecule has 694 valence electrons. The molecule has 0 aliphatic rings. The van der Waals surface area contributed by atoms with Gasteiger partial charge in [-0.3, -0.25) is 42.0 Å². The molecule has 0 fully saturated rings. The number of hydrazine groups is 4. The van der Waals surface area contributed by atoms with E-state index in [9.17, 15) is 33.9 Å². The Morgan fingerprint density at radius 1 is 0.519 bits per heavy atom. The fourth-order valence-corrected chi connectivity index (χ4v) is 8.85. The van der Waals surface area contributed by atoms with E-state index >= 15 is 0 Å². The molecule has 57 nitrogen and oxygen atoms in total. The highest BCUT2D eigenvalue weighted by molar-refractivity contribution is 6.33. The first-order valence-corrected chi connectivity index (χ1v) is 36.0. The number of esters is 4. The van der Waals surface area contributed by atoms with Crippen LogP contribution in [0.2, 0.25) is 10.3 Å². The summed E-state index contributed by atoms with van der Waals surface area (Å²) in [5.41, 5.74) is 40.3. The zero-order valence-corrected chi connectivity index (χ0v) is 73.2. The number of nitrogens with two attached hydrogens (primary N) is 10. The molecule has 0 amide bonds. The Hall–Kier alpha value is -15.8. The molecule has 0 bridgehead atoms. The van der Waals surface area contributed by atoms with E-state index < -0.39 is 42.7 Å². The molecule has 0 saturated heterocycles. The van der Waals surface area contributed by atoms with Crippen molar-refractivity contribution in [2.75, 3.05) is 110 Å². The van der Waals surface area contributed by atoms with E-state index in [1.807, 2.05) is 13.8 Å². The molecule has 0 saturated carbocycles. The maximum Gasteiger partial charge on any atom is 0.348 e. The number of nitrogens with zero attached hydrogens (tertiary/aromatic N) is 29. The Labute approximate surface area is 745 Å². The van der Waals surface area contributed by atoms with E-state index in [4.69, 9.17) is 89.2 Å². The Balaban J connectivity index is 0.00000160. The van der Waals surface area contributed by atoms with Gasteiger partial charge in [-0.05, 0) is 47.7 Å². The average molecular weight is 1840 g/mol. The predicted octanol–water partition coefficient (Wildman–Crippen LogP) is 2.05. The number of anilines is 7. The van der Waals surface area contributed by atoms with Gasteiger partial charge in [-0.25, -0.2) is 75.3 Å². The molecule has 59 heteroatoms. The lowest BCUT2D eigenvalue weighted by Gasteiger charge is -2.08. The molecule has 0 spiro atoms. The standard InChI is InChI=1S/C24H26N16O4.C12H14N8.C6H9N3O2.C6H7NO3.C4H2Cl2N2.C4H8N6.C4H5NO2.C4H5NO.C4H10O3.CH6N2.CH4.H4N2/c1-11-18(31-33-22-13(15(42)9-41)7-29-37(22)3)20(25)39(35-11)16-6-17(28-10-27-16)40-21(26)19(12(2)36-40)32-34-23-14(24(43)44-5)8-30-38(23)4;1-7-3-9(13)19(17-7)11-5-12(16-6-15-11)20-10(14)4-8(2)18-20;1-9-5(7)4(3-8-9)6(10)11-2;1-10-6(9)5(4-7)2-3-8;5-3-1-4(6)8-2-7-3;5-9-3-1-4(10-6)8-2-7-3;1-7-4(6)2-3-5;1-4(6)2-3-5;1-5-4(6-2)7-3;1-3-2;;1-2/h6-8,10,41H,9,25-26H2,1-5H3;3-6H,13-14H2,1-2H3;3H,7H2,1-2H3;2,8H,3H2,1H3;1-2H;1-2H,5-6H2,(H2,7,8,9,10);2H2,1H3;2H2,1H3;4H,1-3H3;3H,2H2,1H3;1H4;1-2H2. The molecular weight excluding hydrogens is 1740 g/mol. The number of carbonyl (C=O) groups excluding carboxylic acids is 6. The van der Waals surface area contributed by atoms with E-state index in [0.29, 0.717) is 68.0 Å². The van der Waals surface area contributed by atoms with Crippen molar-refractivity contribution in [1.29, 1.82) is 15.8 Å². The quantitative estimate of drug-likeness (QED) is 0.00468. The van der Waals surface area contributed by atoms with Crippen molar-refractivity contribution in [2.45, 2.75) is 61.4 Å². The number of rotatable bonds is 21. The van der Waals surface area contributed by atoms with Crippen LogP contribution in [0.5, 0.6) is 0 Å². The van der Waals surface area contributed by atoms with E-state index in [1.54, 1.807) is 99.9 Å². The summed E-state index contributed by atoms with van der Waals surface area (Å²) in [4.78, 5) is 96.9. The van der Waals surface area contributed by atoms with Gasteiger partial charge in [0.25, 0.3) is 6.48 Å². The molecule has 0 atom stereocenters. The van der Waals surface area contributed by atoms with Gasteiger partial charge < -0.3 is 82.9 Å². The minimum atomic E-state index is -0.725. The number of hydrogen-bond acceptors (Lipinski definition) is 50. The summed E-state index contributed by atoms with van der Waals surface area (Å²) in [7, 11) is 16.0. The normalized spacial score (nSPS) is 9.99. The van der Waals surface area contributed by atoms with Gasteiger partial charge >= 0.3 is 23.9 Å². The highest BCUT2D eigenvalue weighted by Gasteiger charge is 2.23. The number of aryl methyl sites for hydroxylation is 7. The first-order chi connectivity index (χ1) is 61.0. The fourth-order valence-electron chi connectivity index (χ4n) is 8.50. The number of aliphatic hydroxyl groups is 2. The highest BCUT2D eigenvalue weighted by atomic mass is 35.5. The zero-order chi connectivity index (χ0) is 96.9. The third kappa shape index (κ3) is 36.9. The largest absolute Gasteiger partial charge is 0.468 e. The molecular formula is C70H100Cl2N42O15. The molecule has 129 heavy (non-hydrogen) atoms. The van der Waals surface area contributed by atoms with Crippen molar-refractivity contribution in [3.63, 3.8) is 0 Å². The summed E-state index contributed by atoms with van der Waals surface area (Å²) >= 11 is 10.8. The summed E-state index contributed by atoms with van der Waals surface area (Å²) in [6, 6.07) is 14.8. The van der Waals surface area contributed by atoms with Crippen LogP contribution in [0.25, 0.3) is 23.3 Å². The van der Waals surface area contributed by atoms with Crippen LogP contribution in [0.4, 0.5) is 63.7 Å². The number of aromatic nitrogens is 22. The smallest absolute Gasteiger partial charge is 0.348 e. The van der Waals surface area contributed by atoms with E-state index in [1.165, 1.54) is 130 Å². The molecule has 11 aromatic rings. The monoisotopic (exact) mass is 1840 g/mol. The van der Waals surface area contributed by atoms with Gasteiger partial charge in [-0.1, -0.05) is 30.6 Å². The second-order valence-electron chi connectivity index (χ2n) is 23.1. The van der Waals surface area contributed by atoms with Gasteiger partial charge in [-0.15, -0.1) is 20.5 Å². The van der Waals surface area contributed by atoms with Gasteiger partial charge in [0, 0.05) is 78.9 Å². The highest BCUT2D eigenvalue weighted by Crippen LogP contribution is 2.34. The number of ether oxygens (including phenoxy) is 7. The predicted molar refractivity (Wildman–Crippen MR) is 464 cm³/mol. The zero-order valence-electron chi connectivity index (χ0n) is 71.7. The minimum absolute atomic E-state index is 0. The number of nitriles is 3. The second-order valence-corrected chi connectivity index (χ2v) is 23.9. The number of aliphatic hydroxyl groups excluding tert-OH is 2. The Morgan fingerprint density at radius 2 is 0.907 bits per heavy atom. The third-order valence-corrected chi connectivity index (χ3v) is 14.7. The molecule has 11 rings (SSSR count). The van der Waals surface area contributed by atoms with Crippen molar-refractivity contribution in [3.05, 3.63) is 142 Å². The van der Waals surface area contributed by atoms with Crippen LogP contribution in [0.15, 0.2) is 112 Å². The fraction of sp³-hybridized carbons (Fsp3) is 0.314. The summed E-state index contributed by atoms with van der Waals surface area (Å²) in [5, 5.41) is 88.0. The van der Waals surface area contributed by atoms with Crippen LogP contribution in [-0.4, -0.2) is 230 Å². The number of carbonyl (C=O) groups is 6. The first-order valence-electron chi connectivity index (χ1n) is 35.2. The van der Waals surface area contributed by atoms with Crippen LogP contribution in [0.3, 0.4) is 0 Å². The van der Waals surface area contributed by atoms with Gasteiger partial charge in [-0.2, -0.15) is 70.2 Å². The number of nitrogen functional groups attached to an aromatic ring is 7. The first kappa shape index (κ1) is 113. The van der Waals surface area contributed by atoms with Gasteiger partial charge in [0.15, 0.2) is 63.7 Å². The molecule has 11 heterocycles. The second kappa shape index (κ2) is 60.7. The molecule has 0 aliphatic heterocycles. The van der Waals surface area contributed by atoms with Gasteiger partial charge in [0.2, 0.25) is 0 Å². The maximum atomic E-state index is 12.0. The van der Waals surface area contributed by atoms with E-state index in [0.717, 1.165) is 17.5 Å². The Kier molecular flexibility index (Phi) is 53.2. The Bertz CT molecular complexity index is 5360. The number of hydrogen-bond donors (Lipinski definition) is 15. The lowest BCUT2D eigenvalue weighted by molar-refractivity contribution is -0.252. The van der Waals surface area contributed by atoms with Crippen molar-refractivity contribution in [3.8, 4) is 41.5 Å². The maximum absolute atomic E-state index is 12.0. The summed E-state index contributed by atoms with van der Waals surface area (Å²) in [5.74, 6) is 24.4. The molecule has 0 aromatic carbocycles. The summed E-state index contributed by atoms with van der Waals surface area (Å²) in [6.07, 6.45) is 10.3.